The number of benzene rings is 2. The standard InChI is InChI=1S/C17H15BrFO5P/c1-22-25(21,23-2)17(12-5-9-14(19)10-6-12)16(24-17)15(20)11-3-7-13(18)8-4-11/h3-10,16H,1-2H3/t16-,17+/m1/s1. The molecule has 0 amide bonds. The van der Waals surface area contributed by atoms with Crippen LogP contribution in [0, 0.1) is 5.82 Å². The van der Waals surface area contributed by atoms with Crippen molar-refractivity contribution >= 4 is 29.3 Å². The molecule has 5 nitrogen and oxygen atoms in total. The van der Waals surface area contributed by atoms with E-state index in [0.717, 1.165) is 4.47 Å². The predicted octanol–water partition coefficient (Wildman–Crippen LogP) is 4.51. The summed E-state index contributed by atoms with van der Waals surface area (Å²) in [5.41, 5.74) is 0.757. The highest BCUT2D eigenvalue weighted by atomic mass is 79.9. The zero-order chi connectivity index (χ0) is 18.2. The van der Waals surface area contributed by atoms with Gasteiger partial charge in [0.05, 0.1) is 0 Å². The Bertz CT molecular complexity index is 831. The number of ether oxygens (including phenoxy) is 1. The van der Waals surface area contributed by atoms with E-state index < -0.39 is 24.9 Å². The van der Waals surface area contributed by atoms with E-state index in [-0.39, 0.29) is 5.78 Å². The van der Waals surface area contributed by atoms with Crippen LogP contribution < -0.4 is 0 Å². The molecule has 0 radical (unpaired) electrons. The quantitative estimate of drug-likeness (QED) is 0.384. The van der Waals surface area contributed by atoms with Crippen molar-refractivity contribution in [3.05, 3.63) is 69.9 Å². The lowest BCUT2D eigenvalue weighted by molar-refractivity contribution is 0.0953. The van der Waals surface area contributed by atoms with E-state index in [1.165, 1.54) is 38.5 Å². The SMILES string of the molecule is COP(=O)(OC)[C@]1(c2ccc(F)cc2)O[C@@H]1C(=O)c1ccc(Br)cc1. The molecule has 1 heterocycles. The van der Waals surface area contributed by atoms with E-state index in [9.17, 15) is 13.8 Å². The molecule has 0 N–H and O–H groups in total. The minimum atomic E-state index is -3.82. The highest BCUT2D eigenvalue weighted by molar-refractivity contribution is 9.10. The van der Waals surface area contributed by atoms with E-state index in [4.69, 9.17) is 13.8 Å². The normalized spacial score (nSPS) is 22.6. The number of hydrogen-bond acceptors (Lipinski definition) is 5. The maximum atomic E-state index is 13.3. The molecular weight excluding hydrogens is 414 g/mol. The Hall–Kier alpha value is -1.37. The Morgan fingerprint density at radius 3 is 2.20 bits per heavy atom. The maximum Gasteiger partial charge on any atom is 0.369 e. The van der Waals surface area contributed by atoms with Crippen molar-refractivity contribution in [1.82, 2.24) is 0 Å². The minimum Gasteiger partial charge on any atom is -0.339 e. The number of carbonyl (C=O) groups is 1. The summed E-state index contributed by atoms with van der Waals surface area (Å²) in [4.78, 5) is 12.8. The van der Waals surface area contributed by atoms with Gasteiger partial charge in [-0.25, -0.2) is 4.39 Å². The first kappa shape index (κ1) is 18.4. The van der Waals surface area contributed by atoms with Crippen LogP contribution >= 0.6 is 23.5 Å². The Kier molecular flexibility index (Phi) is 4.97. The lowest BCUT2D eigenvalue weighted by Crippen LogP contribution is -2.21. The van der Waals surface area contributed by atoms with Crippen molar-refractivity contribution in [3.63, 3.8) is 0 Å². The van der Waals surface area contributed by atoms with Gasteiger partial charge < -0.3 is 13.8 Å². The molecule has 1 aliphatic heterocycles. The van der Waals surface area contributed by atoms with Gasteiger partial charge in [0.1, 0.15) is 5.82 Å². The summed E-state index contributed by atoms with van der Waals surface area (Å²) in [6.45, 7) is 0. The van der Waals surface area contributed by atoms with Crippen LogP contribution in [0.15, 0.2) is 53.0 Å². The summed E-state index contributed by atoms with van der Waals surface area (Å²) in [7, 11) is -1.38. The number of epoxide rings is 1. The molecule has 2 atom stereocenters. The van der Waals surface area contributed by atoms with Crippen LogP contribution in [0.3, 0.4) is 0 Å². The molecule has 2 aromatic carbocycles. The number of carbonyl (C=O) groups excluding carboxylic acids is 1. The highest BCUT2D eigenvalue weighted by Gasteiger charge is 2.74. The molecule has 3 rings (SSSR count). The topological polar surface area (TPSA) is 65.1 Å². The molecule has 0 aromatic heterocycles. The monoisotopic (exact) mass is 428 g/mol. The van der Waals surface area contributed by atoms with E-state index in [2.05, 4.69) is 15.9 Å². The van der Waals surface area contributed by atoms with Gasteiger partial charge in [0.2, 0.25) is 5.34 Å². The third-order valence-electron chi connectivity index (χ3n) is 4.11. The molecule has 8 heteroatoms. The summed E-state index contributed by atoms with van der Waals surface area (Å²) in [5.74, 6) is -0.814. The molecule has 2 aromatic rings. The van der Waals surface area contributed by atoms with Crippen LogP contribution in [-0.2, 0) is 23.7 Å². The highest BCUT2D eigenvalue weighted by Crippen LogP contribution is 2.74. The minimum absolute atomic E-state index is 0.355. The second-order valence-corrected chi connectivity index (χ2v) is 8.74. The molecular formula is C17H15BrFO5P. The first-order valence-corrected chi connectivity index (χ1v) is 9.67. The molecule has 1 aliphatic rings. The van der Waals surface area contributed by atoms with E-state index >= 15 is 0 Å². The van der Waals surface area contributed by atoms with Crippen molar-refractivity contribution in [1.29, 1.82) is 0 Å². The van der Waals surface area contributed by atoms with Gasteiger partial charge in [-0.15, -0.1) is 0 Å². The van der Waals surface area contributed by atoms with Crippen molar-refractivity contribution in [2.45, 2.75) is 11.4 Å². The number of rotatable bonds is 6. The molecule has 1 saturated heterocycles. The summed E-state index contributed by atoms with van der Waals surface area (Å²) in [6.07, 6.45) is -1.05. The average molecular weight is 429 g/mol. The van der Waals surface area contributed by atoms with Crippen molar-refractivity contribution in [2.24, 2.45) is 0 Å². The molecule has 0 aliphatic carbocycles. The van der Waals surface area contributed by atoms with Crippen LogP contribution in [0.5, 0.6) is 0 Å². The zero-order valence-corrected chi connectivity index (χ0v) is 15.9. The van der Waals surface area contributed by atoms with E-state index in [1.807, 2.05) is 0 Å². The lowest BCUT2D eigenvalue weighted by atomic mass is 10.0. The third-order valence-corrected chi connectivity index (χ3v) is 7.01. The van der Waals surface area contributed by atoms with Gasteiger partial charge in [0, 0.05) is 24.3 Å². The van der Waals surface area contributed by atoms with Crippen LogP contribution in [0.1, 0.15) is 15.9 Å². The van der Waals surface area contributed by atoms with E-state index in [1.54, 1.807) is 24.3 Å². The maximum absolute atomic E-state index is 13.3. The molecule has 25 heavy (non-hydrogen) atoms. The molecule has 0 saturated carbocycles. The number of halogens is 2. The fourth-order valence-corrected chi connectivity index (χ4v) is 4.82. The van der Waals surface area contributed by atoms with Gasteiger partial charge in [-0.1, -0.05) is 40.2 Å². The summed E-state index contributed by atoms with van der Waals surface area (Å²) >= 11 is 3.30. The van der Waals surface area contributed by atoms with Crippen LogP contribution in [0.2, 0.25) is 0 Å². The number of hydrogen-bond donors (Lipinski definition) is 0. The van der Waals surface area contributed by atoms with Crippen LogP contribution in [0.4, 0.5) is 4.39 Å². The summed E-state index contributed by atoms with van der Waals surface area (Å²) in [5, 5.41) is -1.59. The van der Waals surface area contributed by atoms with Crippen LogP contribution in [-0.4, -0.2) is 26.1 Å². The Balaban J connectivity index is 2.04. The van der Waals surface area contributed by atoms with E-state index in [0.29, 0.717) is 11.1 Å². The average Bonchev–Trinajstić information content (AvgIpc) is 3.39. The molecule has 0 unspecified atom stereocenters. The van der Waals surface area contributed by atoms with Gasteiger partial charge >= 0.3 is 7.60 Å². The fourth-order valence-electron chi connectivity index (χ4n) is 2.76. The molecule has 1 fully saturated rings. The van der Waals surface area contributed by atoms with Gasteiger partial charge in [0.25, 0.3) is 0 Å². The number of ketones is 1. The first-order valence-electron chi connectivity index (χ1n) is 7.33. The summed E-state index contributed by atoms with van der Waals surface area (Å²) in [6, 6.07) is 11.9. The van der Waals surface area contributed by atoms with Gasteiger partial charge in [-0.3, -0.25) is 9.36 Å². The lowest BCUT2D eigenvalue weighted by Gasteiger charge is -2.22. The molecule has 0 bridgehead atoms. The largest absolute Gasteiger partial charge is 0.369 e. The Labute approximate surface area is 152 Å². The van der Waals surface area contributed by atoms with Gasteiger partial charge in [-0.2, -0.15) is 0 Å². The number of Topliss-reactive ketones (excluding diaryl/α,β-unsaturated/α-hetero) is 1. The molecule has 0 spiro atoms. The Morgan fingerprint density at radius 1 is 1.12 bits per heavy atom. The van der Waals surface area contributed by atoms with Crippen LogP contribution in [0.25, 0.3) is 0 Å². The van der Waals surface area contributed by atoms with Crippen molar-refractivity contribution in [2.75, 3.05) is 14.2 Å². The van der Waals surface area contributed by atoms with Gasteiger partial charge in [0.15, 0.2) is 11.9 Å². The smallest absolute Gasteiger partial charge is 0.339 e. The molecule has 132 valence electrons. The van der Waals surface area contributed by atoms with Gasteiger partial charge in [-0.05, 0) is 29.8 Å². The fraction of sp³-hybridized carbons (Fsp3) is 0.235. The third kappa shape index (κ3) is 3.00. The zero-order valence-electron chi connectivity index (χ0n) is 13.4. The second kappa shape index (κ2) is 6.74. The van der Waals surface area contributed by atoms with Crippen molar-refractivity contribution < 1.29 is 27.5 Å². The summed E-state index contributed by atoms with van der Waals surface area (Å²) < 4.78 is 43.0. The Morgan fingerprint density at radius 2 is 1.68 bits per heavy atom. The predicted molar refractivity (Wildman–Crippen MR) is 93.0 cm³/mol. The second-order valence-electron chi connectivity index (χ2n) is 5.43. The van der Waals surface area contributed by atoms with Crippen molar-refractivity contribution in [3.8, 4) is 0 Å². The first-order chi connectivity index (χ1) is 11.9.